The maximum absolute atomic E-state index is 11.8. The highest BCUT2D eigenvalue weighted by Crippen LogP contribution is 2.19. The van der Waals surface area contributed by atoms with Gasteiger partial charge in [0.25, 0.3) is 5.91 Å². The van der Waals surface area contributed by atoms with E-state index in [1.165, 1.54) is 19.8 Å². The van der Waals surface area contributed by atoms with Gasteiger partial charge in [0.05, 0.1) is 14.2 Å². The molecule has 0 bridgehead atoms. The van der Waals surface area contributed by atoms with Crippen molar-refractivity contribution in [1.29, 1.82) is 0 Å². The molecule has 0 aliphatic rings. The average molecular weight is 386 g/mol. The molecule has 0 heterocycles. The number of carbonyl (C=O) groups is 3. The molecule has 0 atom stereocenters. The first-order valence-corrected chi connectivity index (χ1v) is 9.13. The maximum atomic E-state index is 11.8. The van der Waals surface area contributed by atoms with Crippen LogP contribution in [0.5, 0.6) is 0 Å². The Kier molecular flexibility index (Phi) is 15.4. The van der Waals surface area contributed by atoms with Gasteiger partial charge in [0.1, 0.15) is 6.54 Å². The van der Waals surface area contributed by atoms with Gasteiger partial charge in [0, 0.05) is 12.0 Å². The van der Waals surface area contributed by atoms with E-state index >= 15 is 0 Å². The van der Waals surface area contributed by atoms with E-state index in [1.807, 2.05) is 19.1 Å². The summed E-state index contributed by atoms with van der Waals surface area (Å²) >= 11 is 3.53. The second-order valence-corrected chi connectivity index (χ2v) is 5.41. The molecule has 7 heteroatoms. The van der Waals surface area contributed by atoms with Crippen molar-refractivity contribution >= 4 is 30.5 Å². The lowest BCUT2D eigenvalue weighted by atomic mass is 9.96. The van der Waals surface area contributed by atoms with Gasteiger partial charge in [-0.1, -0.05) is 26.8 Å². The van der Waals surface area contributed by atoms with Gasteiger partial charge in [-0.15, -0.1) is 0 Å². The fourth-order valence-electron chi connectivity index (χ4n) is 1.94. The zero-order valence-electron chi connectivity index (χ0n) is 16.7. The third-order valence-electron chi connectivity index (χ3n) is 3.29. The third kappa shape index (κ3) is 10.8. The lowest BCUT2D eigenvalue weighted by molar-refractivity contribution is -0.140. The highest BCUT2D eigenvalue weighted by molar-refractivity contribution is 7.79. The van der Waals surface area contributed by atoms with Gasteiger partial charge >= 0.3 is 11.9 Å². The molecule has 1 N–H and O–H groups in total. The Morgan fingerprint density at radius 2 is 1.62 bits per heavy atom. The minimum Gasteiger partial charge on any atom is -0.469 e. The van der Waals surface area contributed by atoms with E-state index in [0.29, 0.717) is 17.9 Å². The summed E-state index contributed by atoms with van der Waals surface area (Å²) in [6.07, 6.45) is 2.16. The molecule has 0 saturated carbocycles. The van der Waals surface area contributed by atoms with E-state index in [9.17, 15) is 14.4 Å². The molecular formula is C19H31NO5S. The normalized spacial score (nSPS) is 9.12. The first-order valence-electron chi connectivity index (χ1n) is 8.23. The van der Waals surface area contributed by atoms with E-state index in [-0.39, 0.29) is 18.4 Å². The van der Waals surface area contributed by atoms with Crippen LogP contribution in [-0.4, -0.2) is 44.9 Å². The van der Waals surface area contributed by atoms with Crippen molar-refractivity contribution in [3.05, 3.63) is 34.9 Å². The monoisotopic (exact) mass is 385 g/mol. The fourth-order valence-corrected chi connectivity index (χ4v) is 1.94. The smallest absolute Gasteiger partial charge is 0.325 e. The molecule has 6 nitrogen and oxygen atoms in total. The molecule has 0 radical (unpaired) electrons. The number of benzene rings is 1. The Labute approximate surface area is 162 Å². The maximum Gasteiger partial charge on any atom is 0.325 e. The summed E-state index contributed by atoms with van der Waals surface area (Å²) in [4.78, 5) is 32.7. The molecule has 26 heavy (non-hydrogen) atoms. The summed E-state index contributed by atoms with van der Waals surface area (Å²) in [7, 11) is 2.67. The SMILES string of the molecule is CCC(=O)OC.COC(=O)CNC(=O)c1ccc(C(C)C)c(C)c1.CS. The van der Waals surface area contributed by atoms with E-state index in [1.54, 1.807) is 19.2 Å². The van der Waals surface area contributed by atoms with E-state index in [0.717, 1.165) is 5.56 Å². The van der Waals surface area contributed by atoms with E-state index < -0.39 is 5.97 Å². The summed E-state index contributed by atoms with van der Waals surface area (Å²) < 4.78 is 8.72. The highest BCUT2D eigenvalue weighted by Gasteiger charge is 2.10. The number of esters is 2. The number of ether oxygens (including phenoxy) is 2. The molecule has 0 aliphatic heterocycles. The molecule has 0 aromatic heterocycles. The summed E-state index contributed by atoms with van der Waals surface area (Å²) in [6, 6.07) is 5.56. The quantitative estimate of drug-likeness (QED) is 0.601. The van der Waals surface area contributed by atoms with Crippen LogP contribution in [-0.2, 0) is 19.1 Å². The summed E-state index contributed by atoms with van der Waals surface area (Å²) in [6.45, 7) is 7.84. The standard InChI is InChI=1S/C14H19NO3.C4H8O2.CH4S/c1-9(2)12-6-5-11(7-10(12)3)14(17)15-8-13(16)18-4;1-3-4(5)6-2;1-2/h5-7,9H,8H2,1-4H3,(H,15,17);3H2,1-2H3;2H,1H3. The highest BCUT2D eigenvalue weighted by atomic mass is 32.1. The van der Waals surface area contributed by atoms with Crippen LogP contribution in [0.15, 0.2) is 18.2 Å². The number of hydrogen-bond acceptors (Lipinski definition) is 6. The fraction of sp³-hybridized carbons (Fsp3) is 0.526. The number of hydrogen-bond donors (Lipinski definition) is 2. The number of carbonyl (C=O) groups excluding carboxylic acids is 3. The van der Waals surface area contributed by atoms with Crippen LogP contribution in [0, 0.1) is 6.92 Å². The first kappa shape index (κ1) is 26.2. The molecule has 0 spiro atoms. The number of aryl methyl sites for hydroxylation is 1. The van der Waals surface area contributed by atoms with Gasteiger partial charge in [0.2, 0.25) is 0 Å². The Bertz CT molecular complexity index is 567. The molecule has 0 unspecified atom stereocenters. The average Bonchev–Trinajstić information content (AvgIpc) is 2.66. The van der Waals surface area contributed by atoms with Crippen LogP contribution in [0.3, 0.4) is 0 Å². The Morgan fingerprint density at radius 3 is 1.96 bits per heavy atom. The molecule has 1 aromatic carbocycles. The second-order valence-electron chi connectivity index (χ2n) is 5.41. The summed E-state index contributed by atoms with van der Waals surface area (Å²) in [5, 5.41) is 2.51. The molecule has 1 amide bonds. The lowest BCUT2D eigenvalue weighted by Gasteiger charge is -2.11. The molecule has 1 aromatic rings. The third-order valence-corrected chi connectivity index (χ3v) is 3.29. The van der Waals surface area contributed by atoms with Crippen LogP contribution in [0.2, 0.25) is 0 Å². The van der Waals surface area contributed by atoms with Crippen LogP contribution < -0.4 is 5.32 Å². The minimum absolute atomic E-state index is 0.111. The number of amides is 1. The molecule has 0 aliphatic carbocycles. The van der Waals surface area contributed by atoms with Crippen LogP contribution in [0.25, 0.3) is 0 Å². The molecule has 0 saturated heterocycles. The van der Waals surface area contributed by atoms with Crippen molar-refractivity contribution in [1.82, 2.24) is 5.32 Å². The van der Waals surface area contributed by atoms with Crippen molar-refractivity contribution < 1.29 is 23.9 Å². The Hall–Kier alpha value is -2.02. The minimum atomic E-state index is -0.459. The Morgan fingerprint density at radius 1 is 1.08 bits per heavy atom. The van der Waals surface area contributed by atoms with Crippen molar-refractivity contribution in [2.75, 3.05) is 27.0 Å². The number of nitrogens with one attached hydrogen (secondary N) is 1. The molecular weight excluding hydrogens is 354 g/mol. The number of methoxy groups -OCH3 is 2. The number of rotatable bonds is 5. The first-order chi connectivity index (χ1) is 12.3. The van der Waals surface area contributed by atoms with Gasteiger partial charge < -0.3 is 14.8 Å². The zero-order chi connectivity index (χ0) is 20.7. The lowest BCUT2D eigenvalue weighted by Crippen LogP contribution is -2.30. The van der Waals surface area contributed by atoms with Crippen LogP contribution >= 0.6 is 12.6 Å². The molecule has 0 fully saturated rings. The van der Waals surface area contributed by atoms with E-state index in [2.05, 4.69) is 41.3 Å². The van der Waals surface area contributed by atoms with Crippen molar-refractivity contribution in [3.8, 4) is 0 Å². The van der Waals surface area contributed by atoms with Gasteiger partial charge in [-0.05, 0) is 42.4 Å². The second kappa shape index (κ2) is 15.3. The van der Waals surface area contributed by atoms with Gasteiger partial charge in [-0.2, -0.15) is 12.6 Å². The summed E-state index contributed by atoms with van der Waals surface area (Å²) in [5.41, 5.74) is 2.86. The van der Waals surface area contributed by atoms with Gasteiger partial charge in [0.15, 0.2) is 0 Å². The number of thiol groups is 1. The molecule has 148 valence electrons. The van der Waals surface area contributed by atoms with Crippen molar-refractivity contribution in [2.45, 2.75) is 40.0 Å². The van der Waals surface area contributed by atoms with Crippen LogP contribution in [0.4, 0.5) is 0 Å². The predicted octanol–water partition coefficient (Wildman–Crippen LogP) is 3.14. The largest absolute Gasteiger partial charge is 0.469 e. The van der Waals surface area contributed by atoms with Crippen LogP contribution in [0.1, 0.15) is 54.6 Å². The summed E-state index contributed by atoms with van der Waals surface area (Å²) in [5.74, 6) is -0.454. The topological polar surface area (TPSA) is 81.7 Å². The van der Waals surface area contributed by atoms with Crippen molar-refractivity contribution in [3.63, 3.8) is 0 Å². The van der Waals surface area contributed by atoms with Gasteiger partial charge in [-0.25, -0.2) is 0 Å². The predicted molar refractivity (Wildman–Crippen MR) is 107 cm³/mol. The van der Waals surface area contributed by atoms with Gasteiger partial charge in [-0.3, -0.25) is 14.4 Å². The Balaban J connectivity index is 0. The zero-order valence-corrected chi connectivity index (χ0v) is 17.6. The van der Waals surface area contributed by atoms with Crippen molar-refractivity contribution in [2.24, 2.45) is 0 Å². The molecule has 1 rings (SSSR count). The van der Waals surface area contributed by atoms with E-state index in [4.69, 9.17) is 0 Å².